The predicted octanol–water partition coefficient (Wildman–Crippen LogP) is 8.22. The number of allylic oxidation sites excluding steroid dienone is 4. The first-order valence-corrected chi connectivity index (χ1v) is 22.3. The Morgan fingerprint density at radius 2 is 1.79 bits per heavy atom. The van der Waals surface area contributed by atoms with Crippen molar-refractivity contribution in [2.24, 2.45) is 5.92 Å². The Labute approximate surface area is 375 Å². The van der Waals surface area contributed by atoms with Crippen molar-refractivity contribution < 1.29 is 28.8 Å². The molecule has 2 aliphatic rings. The van der Waals surface area contributed by atoms with Crippen LogP contribution in [-0.4, -0.2) is 110 Å². The number of aromatic nitrogens is 6. The van der Waals surface area contributed by atoms with Crippen LogP contribution in [0.3, 0.4) is 0 Å². The Morgan fingerprint density at radius 1 is 1.02 bits per heavy atom. The third-order valence-electron chi connectivity index (χ3n) is 11.6. The fourth-order valence-corrected chi connectivity index (χ4v) is 9.07. The molecule has 5 heterocycles. The van der Waals surface area contributed by atoms with E-state index in [9.17, 15) is 9.90 Å². The van der Waals surface area contributed by atoms with E-state index in [0.29, 0.717) is 64.3 Å². The number of carbonyl (C=O) groups is 1. The minimum atomic E-state index is -1.31. The molecule has 6 aromatic rings. The molecule has 0 bridgehead atoms. The summed E-state index contributed by atoms with van der Waals surface area (Å²) in [6.07, 6.45) is 6.47. The lowest BCUT2D eigenvalue weighted by Gasteiger charge is -2.33. The van der Waals surface area contributed by atoms with Crippen molar-refractivity contribution in [1.82, 2.24) is 38.9 Å². The largest absolute Gasteiger partial charge is 0.496 e. The summed E-state index contributed by atoms with van der Waals surface area (Å²) in [5.41, 5.74) is 6.16. The van der Waals surface area contributed by atoms with Crippen LogP contribution in [0, 0.1) is 5.92 Å². The third-order valence-corrected chi connectivity index (χ3v) is 12.8. The smallest absolute Gasteiger partial charge is 0.345 e. The number of hydrogen-bond donors (Lipinski definition) is 1. The van der Waals surface area contributed by atoms with E-state index in [-0.39, 0.29) is 24.8 Å². The van der Waals surface area contributed by atoms with Crippen molar-refractivity contribution in [2.75, 3.05) is 53.5 Å². The zero-order valence-electron chi connectivity index (χ0n) is 36.1. The number of fused-ring (bicyclic) bond motifs is 1. The molecule has 1 N–H and O–H groups in total. The minimum absolute atomic E-state index is 0.00116. The standard InChI is InChI=1S/C47H51ClN8O6S/c1-6-56-27-32(25-51-56)44-42(40-29(2)23-37(43(48)30(40)3)60-22-21-55-19-17-54(4)18-20-55)41-39(26-50-44)63-53-46(41)62-38(47(57)58)24-31-11-7-9-13-35(31)61-28-33-15-16-49-45(52-33)34-12-8-10-14-36(34)59-5/h7-16,25-27,29,38H,6,17-24,28H2,1-5H3,(H,57,58)/t29?,38-/m1/s1. The maximum Gasteiger partial charge on any atom is 0.345 e. The van der Waals surface area contributed by atoms with Gasteiger partial charge in [0.1, 0.15) is 30.5 Å². The SMILES string of the molecule is CCn1cc(-c2ncc3snc(O[C@H](Cc4ccccc4OCc4ccnc(-c5ccccc5OC)n4)C(=O)O)c3c2C2=C(C)C(Cl)=C(OCCN3CCN(C)CC3)CC2C)cn1. The van der Waals surface area contributed by atoms with Gasteiger partial charge in [-0.2, -0.15) is 9.47 Å². The molecule has 16 heteroatoms. The molecule has 14 nitrogen and oxygen atoms in total. The van der Waals surface area contributed by atoms with Gasteiger partial charge in [0.25, 0.3) is 0 Å². The summed E-state index contributed by atoms with van der Waals surface area (Å²) < 4.78 is 32.0. The van der Waals surface area contributed by atoms with Crippen molar-refractivity contribution in [2.45, 2.75) is 52.9 Å². The number of methoxy groups -OCH3 is 1. The zero-order chi connectivity index (χ0) is 44.0. The highest BCUT2D eigenvalue weighted by Gasteiger charge is 2.33. The number of likely N-dealkylation sites (N-methyl/N-ethyl adjacent to an activating group) is 1. The molecular weight excluding hydrogens is 840 g/mol. The minimum Gasteiger partial charge on any atom is -0.496 e. The molecule has 1 aliphatic carbocycles. The van der Waals surface area contributed by atoms with Crippen LogP contribution in [0.4, 0.5) is 0 Å². The molecule has 1 saturated heterocycles. The van der Waals surface area contributed by atoms with E-state index in [1.54, 1.807) is 31.8 Å². The number of pyridine rings is 1. The number of nitrogens with zero attached hydrogens (tertiary/aromatic N) is 8. The van der Waals surface area contributed by atoms with Crippen molar-refractivity contribution in [3.8, 4) is 40.0 Å². The lowest BCUT2D eigenvalue weighted by molar-refractivity contribution is -0.145. The molecule has 1 unspecified atom stereocenters. The Morgan fingerprint density at radius 3 is 2.56 bits per heavy atom. The van der Waals surface area contributed by atoms with Gasteiger partial charge in [0, 0.05) is 81.8 Å². The van der Waals surface area contributed by atoms with Gasteiger partial charge in [0.15, 0.2) is 5.82 Å². The van der Waals surface area contributed by atoms with Crippen molar-refractivity contribution in [3.05, 3.63) is 113 Å². The number of carboxylic acid groups (broad SMARTS) is 1. The van der Waals surface area contributed by atoms with Crippen LogP contribution < -0.4 is 14.2 Å². The van der Waals surface area contributed by atoms with Gasteiger partial charge in [-0.25, -0.2) is 14.8 Å². The predicted molar refractivity (Wildman–Crippen MR) is 244 cm³/mol. The van der Waals surface area contributed by atoms with Crippen LogP contribution in [0.1, 0.15) is 44.0 Å². The highest BCUT2D eigenvalue weighted by molar-refractivity contribution is 7.13. The number of aliphatic carboxylic acids is 1. The van der Waals surface area contributed by atoms with Gasteiger partial charge >= 0.3 is 5.97 Å². The van der Waals surface area contributed by atoms with Gasteiger partial charge in [-0.3, -0.25) is 14.6 Å². The molecule has 2 aromatic carbocycles. The highest BCUT2D eigenvalue weighted by atomic mass is 35.5. The number of hydrogen-bond acceptors (Lipinski definition) is 13. The van der Waals surface area contributed by atoms with Gasteiger partial charge < -0.3 is 29.0 Å². The normalized spacial score (nSPS) is 16.7. The first kappa shape index (κ1) is 43.8. The summed E-state index contributed by atoms with van der Waals surface area (Å²) >= 11 is 8.42. The molecule has 0 amide bonds. The average molecular weight is 891 g/mol. The van der Waals surface area contributed by atoms with E-state index in [1.807, 2.05) is 73.3 Å². The Kier molecular flexibility index (Phi) is 13.7. The summed E-state index contributed by atoms with van der Waals surface area (Å²) in [5, 5.41) is 16.5. The Hall–Kier alpha value is -5.87. The summed E-state index contributed by atoms with van der Waals surface area (Å²) in [4.78, 5) is 32.0. The molecule has 63 heavy (non-hydrogen) atoms. The monoisotopic (exact) mass is 890 g/mol. The van der Waals surface area contributed by atoms with Gasteiger partial charge in [-0.15, -0.1) is 0 Å². The lowest BCUT2D eigenvalue weighted by atomic mass is 9.81. The summed E-state index contributed by atoms with van der Waals surface area (Å²) in [7, 11) is 3.76. The summed E-state index contributed by atoms with van der Waals surface area (Å²) in [6.45, 7) is 12.5. The molecule has 328 valence electrons. The van der Waals surface area contributed by atoms with E-state index >= 15 is 0 Å². The summed E-state index contributed by atoms with van der Waals surface area (Å²) in [5.74, 6) is 1.46. The fraction of sp³-hybridized carbons (Fsp3) is 0.362. The molecule has 0 radical (unpaired) electrons. The molecule has 1 aliphatic heterocycles. The van der Waals surface area contributed by atoms with Crippen LogP contribution in [0.5, 0.6) is 17.4 Å². The first-order chi connectivity index (χ1) is 30.6. The van der Waals surface area contributed by atoms with Crippen molar-refractivity contribution in [3.63, 3.8) is 0 Å². The van der Waals surface area contributed by atoms with E-state index in [4.69, 9.17) is 44.9 Å². The molecule has 0 saturated carbocycles. The number of ether oxygens (including phenoxy) is 4. The second kappa shape index (κ2) is 19.7. The van der Waals surface area contributed by atoms with Crippen LogP contribution in [0.2, 0.25) is 0 Å². The topological polar surface area (TPSA) is 150 Å². The highest BCUT2D eigenvalue weighted by Crippen LogP contribution is 2.48. The Balaban J connectivity index is 1.09. The Bertz CT molecular complexity index is 2660. The number of rotatable bonds is 17. The molecule has 0 spiro atoms. The number of para-hydroxylation sites is 2. The van der Waals surface area contributed by atoms with E-state index in [1.165, 1.54) is 11.5 Å². The van der Waals surface area contributed by atoms with Crippen molar-refractivity contribution >= 4 is 44.8 Å². The first-order valence-electron chi connectivity index (χ1n) is 21.1. The van der Waals surface area contributed by atoms with E-state index in [2.05, 4.69) is 33.9 Å². The van der Waals surface area contributed by atoms with Crippen LogP contribution in [0.25, 0.3) is 38.3 Å². The van der Waals surface area contributed by atoms with Crippen LogP contribution >= 0.6 is 23.1 Å². The number of benzene rings is 2. The van der Waals surface area contributed by atoms with Gasteiger partial charge in [-0.1, -0.05) is 48.9 Å². The van der Waals surface area contributed by atoms with Gasteiger partial charge in [0.05, 0.1) is 45.4 Å². The molecule has 2 atom stereocenters. The van der Waals surface area contributed by atoms with E-state index in [0.717, 1.165) is 71.0 Å². The quantitative estimate of drug-likeness (QED) is 0.0938. The lowest BCUT2D eigenvalue weighted by Crippen LogP contribution is -2.45. The third kappa shape index (κ3) is 9.71. The van der Waals surface area contributed by atoms with Gasteiger partial charge in [-0.05, 0) is 79.3 Å². The zero-order valence-corrected chi connectivity index (χ0v) is 37.7. The van der Waals surface area contributed by atoms with Crippen LogP contribution in [-0.2, 0) is 29.1 Å². The number of piperazine rings is 1. The van der Waals surface area contributed by atoms with Gasteiger partial charge in [0.2, 0.25) is 12.0 Å². The average Bonchev–Trinajstić information content (AvgIpc) is 3.96. The van der Waals surface area contributed by atoms with Crippen LogP contribution in [0.15, 0.2) is 95.7 Å². The fourth-order valence-electron chi connectivity index (χ4n) is 8.14. The molecular formula is C47H51ClN8O6S. The second-order valence-electron chi connectivity index (χ2n) is 15.8. The number of carboxylic acids is 1. The maximum absolute atomic E-state index is 13.1. The number of halogens is 1. The summed E-state index contributed by atoms with van der Waals surface area (Å²) in [6, 6.07) is 16.7. The van der Waals surface area contributed by atoms with Crippen molar-refractivity contribution in [1.29, 1.82) is 0 Å². The van der Waals surface area contributed by atoms with E-state index < -0.39 is 12.1 Å². The molecule has 1 fully saturated rings. The second-order valence-corrected chi connectivity index (χ2v) is 17.0. The number of aryl methyl sites for hydroxylation is 1. The maximum atomic E-state index is 13.1. The molecule has 4 aromatic heterocycles. The molecule has 8 rings (SSSR count).